The zero-order valence-corrected chi connectivity index (χ0v) is 15.5. The third-order valence-electron chi connectivity index (χ3n) is 4.11. The SMILES string of the molecule is Cn1c(CNc2ccc(S(=O)(=O)N3CCCC3)cn2)cc(Cl)c1Cl. The number of sulfonamides is 1. The largest absolute Gasteiger partial charge is 0.364 e. The van der Waals surface area contributed by atoms with E-state index < -0.39 is 10.0 Å². The lowest BCUT2D eigenvalue weighted by molar-refractivity contribution is 0.477. The molecule has 130 valence electrons. The molecule has 0 aromatic carbocycles. The van der Waals surface area contributed by atoms with Crippen molar-refractivity contribution in [2.24, 2.45) is 7.05 Å². The number of anilines is 1. The van der Waals surface area contributed by atoms with E-state index in [1.165, 1.54) is 10.5 Å². The van der Waals surface area contributed by atoms with Crippen LogP contribution in [0.5, 0.6) is 0 Å². The van der Waals surface area contributed by atoms with Gasteiger partial charge in [-0.1, -0.05) is 23.2 Å². The van der Waals surface area contributed by atoms with Crippen molar-refractivity contribution in [1.82, 2.24) is 13.9 Å². The van der Waals surface area contributed by atoms with Crippen molar-refractivity contribution in [2.45, 2.75) is 24.3 Å². The van der Waals surface area contributed by atoms with Crippen LogP contribution in [0.3, 0.4) is 0 Å². The molecular weight excluding hydrogens is 371 g/mol. The third kappa shape index (κ3) is 3.39. The van der Waals surface area contributed by atoms with Gasteiger partial charge in [0.05, 0.1) is 11.6 Å². The average molecular weight is 389 g/mol. The minimum atomic E-state index is -3.43. The summed E-state index contributed by atoms with van der Waals surface area (Å²) in [5.41, 5.74) is 0.903. The first-order valence-electron chi connectivity index (χ1n) is 7.59. The number of hydrogen-bond donors (Lipinski definition) is 1. The normalized spacial score (nSPS) is 15.8. The van der Waals surface area contributed by atoms with Gasteiger partial charge in [-0.25, -0.2) is 13.4 Å². The Kier molecular flexibility index (Phi) is 5.05. The molecule has 1 aliphatic rings. The lowest BCUT2D eigenvalue weighted by Crippen LogP contribution is -2.27. The quantitative estimate of drug-likeness (QED) is 0.853. The van der Waals surface area contributed by atoms with Gasteiger partial charge in [-0.15, -0.1) is 0 Å². The van der Waals surface area contributed by atoms with Gasteiger partial charge < -0.3 is 9.88 Å². The molecular formula is C15H18Cl2N4O2S. The third-order valence-corrected chi connectivity index (χ3v) is 6.83. The highest BCUT2D eigenvalue weighted by Crippen LogP contribution is 2.26. The highest BCUT2D eigenvalue weighted by Gasteiger charge is 2.27. The second-order valence-electron chi connectivity index (χ2n) is 5.68. The molecule has 9 heteroatoms. The monoisotopic (exact) mass is 388 g/mol. The van der Waals surface area contributed by atoms with Crippen LogP contribution in [0.15, 0.2) is 29.3 Å². The van der Waals surface area contributed by atoms with Crippen LogP contribution in [-0.2, 0) is 23.6 Å². The Bertz CT molecular complexity index is 828. The number of pyridine rings is 1. The Labute approximate surface area is 151 Å². The van der Waals surface area contributed by atoms with Gasteiger partial charge in [0, 0.05) is 32.0 Å². The predicted molar refractivity (Wildman–Crippen MR) is 95.0 cm³/mol. The highest BCUT2D eigenvalue weighted by molar-refractivity contribution is 7.89. The van der Waals surface area contributed by atoms with Crippen molar-refractivity contribution >= 4 is 39.0 Å². The van der Waals surface area contributed by atoms with Crippen molar-refractivity contribution < 1.29 is 8.42 Å². The average Bonchev–Trinajstić information content (AvgIpc) is 3.19. The maximum Gasteiger partial charge on any atom is 0.244 e. The van der Waals surface area contributed by atoms with Gasteiger partial charge in [0.2, 0.25) is 10.0 Å². The fraction of sp³-hybridized carbons (Fsp3) is 0.400. The predicted octanol–water partition coefficient (Wildman–Crippen LogP) is 3.12. The van der Waals surface area contributed by atoms with E-state index in [0.29, 0.717) is 35.6 Å². The van der Waals surface area contributed by atoms with Gasteiger partial charge in [-0.3, -0.25) is 0 Å². The molecule has 1 fully saturated rings. The zero-order chi connectivity index (χ0) is 17.3. The molecule has 2 aromatic heterocycles. The van der Waals surface area contributed by atoms with E-state index in [0.717, 1.165) is 18.5 Å². The Morgan fingerprint density at radius 1 is 1.25 bits per heavy atom. The molecule has 6 nitrogen and oxygen atoms in total. The summed E-state index contributed by atoms with van der Waals surface area (Å²) in [5.74, 6) is 0.587. The summed E-state index contributed by atoms with van der Waals surface area (Å²) in [6.07, 6.45) is 3.21. The summed E-state index contributed by atoms with van der Waals surface area (Å²) < 4.78 is 28.2. The summed E-state index contributed by atoms with van der Waals surface area (Å²) in [7, 11) is -1.60. The topological polar surface area (TPSA) is 67.2 Å². The standard InChI is InChI=1S/C15H18Cl2N4O2S/c1-20-11(8-13(16)15(20)17)9-18-14-5-4-12(10-19-14)24(22,23)21-6-2-3-7-21/h4-5,8,10H,2-3,6-7,9H2,1H3,(H,18,19). The summed E-state index contributed by atoms with van der Waals surface area (Å²) in [4.78, 5) is 4.42. The van der Waals surface area contributed by atoms with Crippen LogP contribution in [0.2, 0.25) is 10.2 Å². The lowest BCUT2D eigenvalue weighted by atomic mass is 10.4. The Morgan fingerprint density at radius 3 is 2.50 bits per heavy atom. The van der Waals surface area contributed by atoms with E-state index in [1.54, 1.807) is 22.8 Å². The van der Waals surface area contributed by atoms with Crippen molar-refractivity contribution in [2.75, 3.05) is 18.4 Å². The number of nitrogens with zero attached hydrogens (tertiary/aromatic N) is 3. The molecule has 0 unspecified atom stereocenters. The fourth-order valence-corrected chi connectivity index (χ4v) is 4.53. The first kappa shape index (κ1) is 17.5. The molecule has 3 rings (SSSR count). The van der Waals surface area contributed by atoms with Crippen LogP contribution < -0.4 is 5.32 Å². The molecule has 0 spiro atoms. The molecule has 0 bridgehead atoms. The van der Waals surface area contributed by atoms with Crippen LogP contribution >= 0.6 is 23.2 Å². The second-order valence-corrected chi connectivity index (χ2v) is 8.38. The Morgan fingerprint density at radius 2 is 1.96 bits per heavy atom. The van der Waals surface area contributed by atoms with E-state index >= 15 is 0 Å². The van der Waals surface area contributed by atoms with Crippen LogP contribution in [0.4, 0.5) is 5.82 Å². The van der Waals surface area contributed by atoms with E-state index in [9.17, 15) is 8.42 Å². The highest BCUT2D eigenvalue weighted by atomic mass is 35.5. The lowest BCUT2D eigenvalue weighted by Gasteiger charge is -2.15. The van der Waals surface area contributed by atoms with Crippen LogP contribution in [0, 0.1) is 0 Å². The molecule has 1 saturated heterocycles. The number of nitrogens with one attached hydrogen (secondary N) is 1. The van der Waals surface area contributed by atoms with Gasteiger partial charge in [-0.05, 0) is 31.0 Å². The van der Waals surface area contributed by atoms with Gasteiger partial charge in [-0.2, -0.15) is 4.31 Å². The van der Waals surface area contributed by atoms with Crippen molar-refractivity contribution in [3.05, 3.63) is 40.3 Å². The minimum Gasteiger partial charge on any atom is -0.364 e. The maximum absolute atomic E-state index is 12.4. The van der Waals surface area contributed by atoms with Crippen molar-refractivity contribution in [3.63, 3.8) is 0 Å². The Hall–Kier alpha value is -1.28. The van der Waals surface area contributed by atoms with Gasteiger partial charge in [0.25, 0.3) is 0 Å². The Balaban J connectivity index is 1.69. The van der Waals surface area contributed by atoms with Gasteiger partial charge in [0.1, 0.15) is 15.9 Å². The first-order valence-corrected chi connectivity index (χ1v) is 9.79. The number of halogens is 2. The van der Waals surface area contributed by atoms with E-state index in [-0.39, 0.29) is 4.90 Å². The minimum absolute atomic E-state index is 0.222. The molecule has 1 N–H and O–H groups in total. The zero-order valence-electron chi connectivity index (χ0n) is 13.2. The smallest absolute Gasteiger partial charge is 0.244 e. The molecule has 0 atom stereocenters. The fourth-order valence-electron chi connectivity index (χ4n) is 2.65. The van der Waals surface area contributed by atoms with Crippen molar-refractivity contribution in [3.8, 4) is 0 Å². The number of rotatable bonds is 5. The molecule has 24 heavy (non-hydrogen) atoms. The molecule has 0 radical (unpaired) electrons. The maximum atomic E-state index is 12.4. The molecule has 0 amide bonds. The molecule has 1 aliphatic heterocycles. The van der Waals surface area contributed by atoms with Crippen LogP contribution in [0.1, 0.15) is 18.5 Å². The van der Waals surface area contributed by atoms with Crippen LogP contribution in [-0.4, -0.2) is 35.4 Å². The van der Waals surface area contributed by atoms with Gasteiger partial charge >= 0.3 is 0 Å². The number of aromatic nitrogens is 2. The first-order chi connectivity index (χ1) is 11.4. The van der Waals surface area contributed by atoms with Crippen LogP contribution in [0.25, 0.3) is 0 Å². The van der Waals surface area contributed by atoms with E-state index in [2.05, 4.69) is 10.3 Å². The summed E-state index contributed by atoms with van der Waals surface area (Å²) >= 11 is 12.0. The second kappa shape index (κ2) is 6.92. The van der Waals surface area contributed by atoms with E-state index in [1.807, 2.05) is 7.05 Å². The van der Waals surface area contributed by atoms with E-state index in [4.69, 9.17) is 23.2 Å². The molecule has 3 heterocycles. The van der Waals surface area contributed by atoms with Gasteiger partial charge in [0.15, 0.2) is 0 Å². The number of hydrogen-bond acceptors (Lipinski definition) is 4. The molecule has 2 aromatic rings. The summed E-state index contributed by atoms with van der Waals surface area (Å²) in [6, 6.07) is 5.02. The molecule has 0 saturated carbocycles. The molecule has 0 aliphatic carbocycles. The van der Waals surface area contributed by atoms with Crippen molar-refractivity contribution in [1.29, 1.82) is 0 Å². The summed E-state index contributed by atoms with van der Waals surface area (Å²) in [5, 5.41) is 4.11. The summed E-state index contributed by atoms with van der Waals surface area (Å²) in [6.45, 7) is 1.64.